The second-order valence-electron chi connectivity index (χ2n) is 2.92. The molecule has 0 aliphatic rings. The van der Waals surface area contributed by atoms with Gasteiger partial charge in [-0.3, -0.25) is 0 Å². The second kappa shape index (κ2) is 5.19. The van der Waals surface area contributed by atoms with Gasteiger partial charge in [-0.05, 0) is 23.3 Å². The maximum Gasteiger partial charge on any atom is 0.339 e. The molecular weight excluding hydrogens is 235 g/mol. The molecule has 0 saturated carbocycles. The van der Waals surface area contributed by atoms with Gasteiger partial charge in [0.05, 0.1) is 17.7 Å². The van der Waals surface area contributed by atoms with Crippen molar-refractivity contribution in [3.05, 3.63) is 40.9 Å². The van der Waals surface area contributed by atoms with Gasteiger partial charge < -0.3 is 4.74 Å². The van der Waals surface area contributed by atoms with E-state index in [1.54, 1.807) is 18.2 Å². The molecule has 0 amide bonds. The molecule has 0 fully saturated rings. The quantitative estimate of drug-likeness (QED) is 0.602. The molecule has 1 rings (SSSR count). The van der Waals surface area contributed by atoms with Gasteiger partial charge in [-0.2, -0.15) is 0 Å². The molecule has 0 unspecified atom stereocenters. The zero-order chi connectivity index (χ0) is 11.4. The average molecular weight is 245 g/mol. The number of benzene rings is 1. The van der Waals surface area contributed by atoms with Gasteiger partial charge in [-0.1, -0.05) is 24.2 Å². The molecule has 0 aliphatic carbocycles. The summed E-state index contributed by atoms with van der Waals surface area (Å²) < 4.78 is 4.57. The van der Waals surface area contributed by atoms with E-state index in [2.05, 4.69) is 11.3 Å². The third-order valence-electron chi connectivity index (χ3n) is 1.94. The van der Waals surface area contributed by atoms with E-state index in [9.17, 15) is 4.79 Å². The Labute approximate surface area is 98.4 Å². The number of carbonyl (C=O) groups excluding carboxylic acids is 1. The van der Waals surface area contributed by atoms with Gasteiger partial charge in [0.2, 0.25) is 0 Å². The Morgan fingerprint density at radius 3 is 2.67 bits per heavy atom. The van der Waals surface area contributed by atoms with Gasteiger partial charge in [-0.25, -0.2) is 4.79 Å². The largest absolute Gasteiger partial charge is 0.465 e. The molecule has 2 nitrogen and oxygen atoms in total. The number of alkyl halides is 1. The molecule has 80 valence electrons. The lowest BCUT2D eigenvalue weighted by molar-refractivity contribution is 0.0601. The predicted octanol–water partition coefficient (Wildman–Crippen LogP) is 3.38. The number of halogens is 2. The number of rotatable bonds is 3. The maximum absolute atomic E-state index is 11.2. The van der Waals surface area contributed by atoms with Crippen molar-refractivity contribution >= 4 is 34.7 Å². The Morgan fingerprint density at radius 2 is 2.20 bits per heavy atom. The first-order valence-corrected chi connectivity index (χ1v) is 5.13. The number of methoxy groups -OCH3 is 1. The Kier molecular flexibility index (Phi) is 4.18. The SMILES string of the molecule is C=C(CCl)c1ccc(C(=O)OC)c(Cl)c1. The normalized spacial score (nSPS) is 9.80. The van der Waals surface area contributed by atoms with Crippen LogP contribution in [0.15, 0.2) is 24.8 Å². The van der Waals surface area contributed by atoms with Gasteiger partial charge in [0.15, 0.2) is 0 Å². The van der Waals surface area contributed by atoms with Gasteiger partial charge in [0.25, 0.3) is 0 Å². The van der Waals surface area contributed by atoms with Crippen LogP contribution in [0.5, 0.6) is 0 Å². The Balaban J connectivity index is 3.08. The van der Waals surface area contributed by atoms with Crippen molar-refractivity contribution in [3.63, 3.8) is 0 Å². The summed E-state index contributed by atoms with van der Waals surface area (Å²) in [6.45, 7) is 3.77. The third kappa shape index (κ3) is 2.74. The molecule has 0 atom stereocenters. The van der Waals surface area contributed by atoms with Gasteiger partial charge in [0, 0.05) is 5.88 Å². The molecule has 1 aromatic rings. The molecule has 0 aliphatic heterocycles. The Bertz CT molecular complexity index is 400. The summed E-state index contributed by atoms with van der Waals surface area (Å²) in [6.07, 6.45) is 0. The highest BCUT2D eigenvalue weighted by molar-refractivity contribution is 6.33. The van der Waals surface area contributed by atoms with E-state index in [0.29, 0.717) is 16.5 Å². The van der Waals surface area contributed by atoms with Crippen LogP contribution in [0, 0.1) is 0 Å². The first kappa shape index (κ1) is 12.1. The monoisotopic (exact) mass is 244 g/mol. The van der Waals surface area contributed by atoms with E-state index in [1.807, 2.05) is 0 Å². The lowest BCUT2D eigenvalue weighted by Gasteiger charge is -2.06. The first-order chi connectivity index (χ1) is 7.10. The molecule has 0 saturated heterocycles. The molecule has 4 heteroatoms. The number of hydrogen-bond donors (Lipinski definition) is 0. The van der Waals surface area contributed by atoms with Gasteiger partial charge in [-0.15, -0.1) is 11.6 Å². The summed E-state index contributed by atoms with van der Waals surface area (Å²) in [5, 5.41) is 0.339. The average Bonchev–Trinajstić information content (AvgIpc) is 2.26. The Hall–Kier alpha value is -0.990. The van der Waals surface area contributed by atoms with Crippen molar-refractivity contribution in [2.45, 2.75) is 0 Å². The fourth-order valence-electron chi connectivity index (χ4n) is 1.09. The van der Waals surface area contributed by atoms with Crippen LogP contribution in [0.1, 0.15) is 15.9 Å². The number of hydrogen-bond acceptors (Lipinski definition) is 2. The van der Waals surface area contributed by atoms with Crippen molar-refractivity contribution in [2.75, 3.05) is 13.0 Å². The highest BCUT2D eigenvalue weighted by atomic mass is 35.5. The Morgan fingerprint density at radius 1 is 1.53 bits per heavy atom. The molecule has 0 aromatic heterocycles. The third-order valence-corrected chi connectivity index (χ3v) is 2.58. The van der Waals surface area contributed by atoms with Crippen LogP contribution in [-0.2, 0) is 4.74 Å². The summed E-state index contributed by atoms with van der Waals surface area (Å²) in [7, 11) is 1.31. The fraction of sp³-hybridized carbons (Fsp3) is 0.182. The van der Waals surface area contributed by atoms with E-state index in [-0.39, 0.29) is 0 Å². The van der Waals surface area contributed by atoms with Crippen LogP contribution in [0.25, 0.3) is 5.57 Å². The number of esters is 1. The van der Waals surface area contributed by atoms with E-state index >= 15 is 0 Å². The van der Waals surface area contributed by atoms with Crippen molar-refractivity contribution in [2.24, 2.45) is 0 Å². The van der Waals surface area contributed by atoms with Gasteiger partial charge >= 0.3 is 5.97 Å². The minimum absolute atomic E-state index is 0.327. The van der Waals surface area contributed by atoms with Crippen molar-refractivity contribution < 1.29 is 9.53 Å². The topological polar surface area (TPSA) is 26.3 Å². The van der Waals surface area contributed by atoms with E-state index < -0.39 is 5.97 Å². The highest BCUT2D eigenvalue weighted by Crippen LogP contribution is 2.23. The van der Waals surface area contributed by atoms with Crippen LogP contribution in [0.4, 0.5) is 0 Å². The van der Waals surface area contributed by atoms with Crippen LogP contribution < -0.4 is 0 Å². The zero-order valence-corrected chi connectivity index (χ0v) is 9.73. The van der Waals surface area contributed by atoms with Gasteiger partial charge in [0.1, 0.15) is 0 Å². The van der Waals surface area contributed by atoms with Crippen molar-refractivity contribution in [1.29, 1.82) is 0 Å². The molecule has 1 aromatic carbocycles. The molecule has 0 radical (unpaired) electrons. The van der Waals surface area contributed by atoms with E-state index in [0.717, 1.165) is 11.1 Å². The van der Waals surface area contributed by atoms with Crippen molar-refractivity contribution in [1.82, 2.24) is 0 Å². The molecule has 0 N–H and O–H groups in total. The number of carbonyl (C=O) groups is 1. The molecule has 0 heterocycles. The first-order valence-electron chi connectivity index (χ1n) is 4.22. The molecule has 0 bridgehead atoms. The highest BCUT2D eigenvalue weighted by Gasteiger charge is 2.11. The summed E-state index contributed by atoms with van der Waals surface area (Å²) in [5.74, 6) is -0.128. The standard InChI is InChI=1S/C11H10Cl2O2/c1-7(6-12)8-3-4-9(10(13)5-8)11(14)15-2/h3-5H,1,6H2,2H3. The predicted molar refractivity (Wildman–Crippen MR) is 62.5 cm³/mol. The summed E-state index contributed by atoms with van der Waals surface area (Å²) in [5.41, 5.74) is 1.92. The molecule has 0 spiro atoms. The molecular formula is C11H10Cl2O2. The van der Waals surface area contributed by atoms with Crippen LogP contribution in [0.3, 0.4) is 0 Å². The molecule has 15 heavy (non-hydrogen) atoms. The minimum Gasteiger partial charge on any atom is -0.465 e. The van der Waals surface area contributed by atoms with E-state index in [4.69, 9.17) is 23.2 Å². The van der Waals surface area contributed by atoms with Crippen molar-refractivity contribution in [3.8, 4) is 0 Å². The lowest BCUT2D eigenvalue weighted by atomic mass is 10.1. The fourth-order valence-corrected chi connectivity index (χ4v) is 1.50. The summed E-state index contributed by atoms with van der Waals surface area (Å²) in [6, 6.07) is 4.99. The summed E-state index contributed by atoms with van der Waals surface area (Å²) in [4.78, 5) is 11.2. The van der Waals surface area contributed by atoms with E-state index in [1.165, 1.54) is 7.11 Å². The van der Waals surface area contributed by atoms with Crippen LogP contribution >= 0.6 is 23.2 Å². The zero-order valence-electron chi connectivity index (χ0n) is 8.22. The smallest absolute Gasteiger partial charge is 0.339 e. The van der Waals surface area contributed by atoms with Crippen LogP contribution in [0.2, 0.25) is 5.02 Å². The maximum atomic E-state index is 11.2. The second-order valence-corrected chi connectivity index (χ2v) is 3.60. The lowest BCUT2D eigenvalue weighted by Crippen LogP contribution is -2.02. The number of ether oxygens (including phenoxy) is 1. The minimum atomic E-state index is -0.456. The number of allylic oxidation sites excluding steroid dienone is 1. The summed E-state index contributed by atoms with van der Waals surface area (Å²) >= 11 is 11.6. The van der Waals surface area contributed by atoms with Crippen LogP contribution in [-0.4, -0.2) is 19.0 Å².